The number of benzene rings is 1. The number of hydrogen-bond donors (Lipinski definition) is 1. The summed E-state index contributed by atoms with van der Waals surface area (Å²) < 4.78 is 0. The second kappa shape index (κ2) is 4.87. The summed E-state index contributed by atoms with van der Waals surface area (Å²) in [4.78, 5) is 17.8. The van der Waals surface area contributed by atoms with Crippen molar-refractivity contribution in [3.8, 4) is 0 Å². The number of anilines is 2. The lowest BCUT2D eigenvalue weighted by Crippen LogP contribution is -2.27. The maximum Gasteiger partial charge on any atom is 0.260 e. The number of hydrogen-bond acceptors (Lipinski definition) is 3. The molecule has 4 heteroatoms. The number of amides is 1. The van der Waals surface area contributed by atoms with Crippen molar-refractivity contribution >= 4 is 17.3 Å². The standard InChI is InChI=1S/C14H15N3O/c1-10-3-4-12(13(15)9-10)14(18)17(2)11-5-7-16-8-6-11/h3-9H,15H2,1-2H3. The van der Waals surface area contributed by atoms with Crippen LogP contribution in [-0.2, 0) is 0 Å². The molecule has 2 rings (SSSR count). The second-order valence-electron chi connectivity index (χ2n) is 4.16. The van der Waals surface area contributed by atoms with Gasteiger partial charge in [-0.15, -0.1) is 0 Å². The van der Waals surface area contributed by atoms with Gasteiger partial charge in [-0.3, -0.25) is 9.78 Å². The highest BCUT2D eigenvalue weighted by molar-refractivity contribution is 6.09. The highest BCUT2D eigenvalue weighted by atomic mass is 16.2. The number of carbonyl (C=O) groups excluding carboxylic acids is 1. The van der Waals surface area contributed by atoms with Gasteiger partial charge in [0.15, 0.2) is 0 Å². The fourth-order valence-electron chi connectivity index (χ4n) is 1.74. The molecular weight excluding hydrogens is 226 g/mol. The molecule has 1 aromatic heterocycles. The van der Waals surface area contributed by atoms with Crippen LogP contribution in [-0.4, -0.2) is 17.9 Å². The van der Waals surface area contributed by atoms with E-state index in [4.69, 9.17) is 5.73 Å². The van der Waals surface area contributed by atoms with Crippen LogP contribution in [0.15, 0.2) is 42.7 Å². The topological polar surface area (TPSA) is 59.2 Å². The van der Waals surface area contributed by atoms with E-state index in [1.807, 2.05) is 13.0 Å². The van der Waals surface area contributed by atoms with E-state index in [1.165, 1.54) is 0 Å². The van der Waals surface area contributed by atoms with E-state index in [9.17, 15) is 4.79 Å². The van der Waals surface area contributed by atoms with E-state index < -0.39 is 0 Å². The van der Waals surface area contributed by atoms with E-state index in [0.717, 1.165) is 11.3 Å². The minimum Gasteiger partial charge on any atom is -0.398 e. The molecule has 0 fully saturated rings. The van der Waals surface area contributed by atoms with Gasteiger partial charge >= 0.3 is 0 Å². The smallest absolute Gasteiger partial charge is 0.260 e. The van der Waals surface area contributed by atoms with Crippen molar-refractivity contribution in [2.75, 3.05) is 17.7 Å². The fraction of sp³-hybridized carbons (Fsp3) is 0.143. The van der Waals surface area contributed by atoms with Crippen LogP contribution >= 0.6 is 0 Å². The molecular formula is C14H15N3O. The highest BCUT2D eigenvalue weighted by Crippen LogP contribution is 2.19. The monoisotopic (exact) mass is 241 g/mol. The van der Waals surface area contributed by atoms with Crippen molar-refractivity contribution in [1.29, 1.82) is 0 Å². The first-order valence-corrected chi connectivity index (χ1v) is 5.64. The van der Waals surface area contributed by atoms with Gasteiger partial charge in [0.2, 0.25) is 0 Å². The Morgan fingerprint density at radius 1 is 1.22 bits per heavy atom. The minimum atomic E-state index is -0.126. The van der Waals surface area contributed by atoms with E-state index >= 15 is 0 Å². The molecule has 1 heterocycles. The third kappa shape index (κ3) is 2.32. The Bertz CT molecular complexity index is 567. The molecule has 0 aliphatic rings. The molecule has 0 saturated carbocycles. The molecule has 1 amide bonds. The molecule has 92 valence electrons. The molecule has 0 spiro atoms. The number of nitrogens with zero attached hydrogens (tertiary/aromatic N) is 2. The van der Waals surface area contributed by atoms with Gasteiger partial charge in [0, 0.05) is 30.8 Å². The van der Waals surface area contributed by atoms with E-state index in [-0.39, 0.29) is 5.91 Å². The van der Waals surface area contributed by atoms with Gasteiger partial charge in [0.05, 0.1) is 5.56 Å². The summed E-state index contributed by atoms with van der Waals surface area (Å²) in [7, 11) is 1.72. The van der Waals surface area contributed by atoms with Crippen LogP contribution in [0.2, 0.25) is 0 Å². The number of nitrogens with two attached hydrogens (primary N) is 1. The van der Waals surface area contributed by atoms with Crippen LogP contribution in [0.3, 0.4) is 0 Å². The van der Waals surface area contributed by atoms with E-state index in [1.54, 1.807) is 48.6 Å². The molecule has 2 aromatic rings. The van der Waals surface area contributed by atoms with Crippen LogP contribution in [0.1, 0.15) is 15.9 Å². The molecule has 0 aliphatic carbocycles. The summed E-state index contributed by atoms with van der Waals surface area (Å²) in [5.74, 6) is -0.126. The number of carbonyl (C=O) groups is 1. The largest absolute Gasteiger partial charge is 0.398 e. The Hall–Kier alpha value is -2.36. The first kappa shape index (κ1) is 12.1. The van der Waals surface area contributed by atoms with Crippen molar-refractivity contribution in [2.24, 2.45) is 0 Å². The van der Waals surface area contributed by atoms with Gasteiger partial charge in [-0.1, -0.05) is 6.07 Å². The number of nitrogen functional groups attached to an aromatic ring is 1. The van der Waals surface area contributed by atoms with Gasteiger partial charge in [0.25, 0.3) is 5.91 Å². The fourth-order valence-corrected chi connectivity index (χ4v) is 1.74. The Balaban J connectivity index is 2.32. The van der Waals surface area contributed by atoms with Gasteiger partial charge in [-0.25, -0.2) is 0 Å². The molecule has 0 atom stereocenters. The molecule has 0 unspecified atom stereocenters. The summed E-state index contributed by atoms with van der Waals surface area (Å²) in [5, 5.41) is 0. The van der Waals surface area contributed by atoms with Gasteiger partial charge < -0.3 is 10.6 Å². The number of aromatic nitrogens is 1. The minimum absolute atomic E-state index is 0.126. The molecule has 0 radical (unpaired) electrons. The van der Waals surface area contributed by atoms with Crippen LogP contribution in [0.4, 0.5) is 11.4 Å². The summed E-state index contributed by atoms with van der Waals surface area (Å²) in [6, 6.07) is 8.99. The molecule has 0 saturated heterocycles. The molecule has 18 heavy (non-hydrogen) atoms. The molecule has 4 nitrogen and oxygen atoms in total. The SMILES string of the molecule is Cc1ccc(C(=O)N(C)c2ccncc2)c(N)c1. The first-order valence-electron chi connectivity index (χ1n) is 5.64. The van der Waals surface area contributed by atoms with Crippen molar-refractivity contribution < 1.29 is 4.79 Å². The summed E-state index contributed by atoms with van der Waals surface area (Å²) >= 11 is 0. The van der Waals surface area contributed by atoms with Gasteiger partial charge in [-0.05, 0) is 36.8 Å². The lowest BCUT2D eigenvalue weighted by Gasteiger charge is -2.18. The van der Waals surface area contributed by atoms with Crippen molar-refractivity contribution in [2.45, 2.75) is 6.92 Å². The Labute approximate surface area is 106 Å². The summed E-state index contributed by atoms with van der Waals surface area (Å²) in [6.45, 7) is 1.94. The Morgan fingerprint density at radius 2 is 1.89 bits per heavy atom. The maximum absolute atomic E-state index is 12.3. The second-order valence-corrected chi connectivity index (χ2v) is 4.16. The quantitative estimate of drug-likeness (QED) is 0.820. The normalized spacial score (nSPS) is 10.1. The average molecular weight is 241 g/mol. The Morgan fingerprint density at radius 3 is 2.50 bits per heavy atom. The third-order valence-corrected chi connectivity index (χ3v) is 2.79. The summed E-state index contributed by atoms with van der Waals surface area (Å²) in [6.07, 6.45) is 3.30. The zero-order valence-corrected chi connectivity index (χ0v) is 10.4. The summed E-state index contributed by atoms with van der Waals surface area (Å²) in [5.41, 5.74) is 8.72. The first-order chi connectivity index (χ1) is 8.59. The predicted octanol–water partition coefficient (Wildman–Crippen LogP) is 2.25. The predicted molar refractivity (Wildman–Crippen MR) is 72.6 cm³/mol. The average Bonchev–Trinajstić information content (AvgIpc) is 2.38. The zero-order chi connectivity index (χ0) is 13.1. The van der Waals surface area contributed by atoms with Crippen molar-refractivity contribution in [3.63, 3.8) is 0 Å². The molecule has 0 bridgehead atoms. The molecule has 0 aliphatic heterocycles. The van der Waals surface area contributed by atoms with Crippen LogP contribution in [0, 0.1) is 6.92 Å². The molecule has 1 aromatic carbocycles. The highest BCUT2D eigenvalue weighted by Gasteiger charge is 2.15. The third-order valence-electron chi connectivity index (χ3n) is 2.79. The number of rotatable bonds is 2. The number of aryl methyl sites for hydroxylation is 1. The van der Waals surface area contributed by atoms with E-state index in [0.29, 0.717) is 11.3 Å². The van der Waals surface area contributed by atoms with Crippen LogP contribution < -0.4 is 10.6 Å². The molecule has 2 N–H and O–H groups in total. The van der Waals surface area contributed by atoms with Gasteiger partial charge in [-0.2, -0.15) is 0 Å². The lowest BCUT2D eigenvalue weighted by atomic mass is 10.1. The van der Waals surface area contributed by atoms with Crippen LogP contribution in [0.25, 0.3) is 0 Å². The van der Waals surface area contributed by atoms with E-state index in [2.05, 4.69) is 4.98 Å². The maximum atomic E-state index is 12.3. The van der Waals surface area contributed by atoms with Crippen molar-refractivity contribution in [3.05, 3.63) is 53.9 Å². The van der Waals surface area contributed by atoms with Crippen molar-refractivity contribution in [1.82, 2.24) is 4.98 Å². The number of pyridine rings is 1. The van der Waals surface area contributed by atoms with Gasteiger partial charge in [0.1, 0.15) is 0 Å². The van der Waals surface area contributed by atoms with Crippen LogP contribution in [0.5, 0.6) is 0 Å². The lowest BCUT2D eigenvalue weighted by molar-refractivity contribution is 0.0994. The Kier molecular flexibility index (Phi) is 3.28. The zero-order valence-electron chi connectivity index (χ0n) is 10.4.